The van der Waals surface area contributed by atoms with Gasteiger partial charge in [-0.3, -0.25) is 9.59 Å². The molecule has 0 aromatic rings. The summed E-state index contributed by atoms with van der Waals surface area (Å²) in [6.07, 6.45) is 1.85. The first-order valence-corrected chi connectivity index (χ1v) is 6.00. The molecule has 2 rings (SSSR count). The van der Waals surface area contributed by atoms with Gasteiger partial charge < -0.3 is 10.2 Å². The molecular weight excluding hydrogens is 220 g/mol. The van der Waals surface area contributed by atoms with E-state index in [1.54, 1.807) is 0 Å². The zero-order chi connectivity index (χ0) is 12.3. The van der Waals surface area contributed by atoms with E-state index in [1.807, 2.05) is 11.9 Å². The summed E-state index contributed by atoms with van der Waals surface area (Å²) in [5.41, 5.74) is 2.84. The van der Waals surface area contributed by atoms with Gasteiger partial charge in [-0.2, -0.15) is 5.10 Å². The zero-order valence-corrected chi connectivity index (χ0v) is 10.0. The van der Waals surface area contributed by atoms with Crippen LogP contribution in [0, 0.1) is 5.92 Å². The van der Waals surface area contributed by atoms with Crippen molar-refractivity contribution in [2.75, 3.05) is 26.7 Å². The summed E-state index contributed by atoms with van der Waals surface area (Å²) in [5, 5.41) is 6.97. The maximum atomic E-state index is 12.1. The molecule has 1 saturated heterocycles. The predicted octanol–water partition coefficient (Wildman–Crippen LogP) is -0.680. The van der Waals surface area contributed by atoms with Crippen LogP contribution in [0.3, 0.4) is 0 Å². The second-order valence-electron chi connectivity index (χ2n) is 4.56. The van der Waals surface area contributed by atoms with Gasteiger partial charge in [-0.05, 0) is 25.9 Å². The number of hydrogen-bond donors (Lipinski definition) is 2. The predicted molar refractivity (Wildman–Crippen MR) is 63.4 cm³/mol. The van der Waals surface area contributed by atoms with Gasteiger partial charge in [-0.1, -0.05) is 0 Å². The lowest BCUT2D eigenvalue weighted by atomic mass is 10.1. The molecule has 17 heavy (non-hydrogen) atoms. The van der Waals surface area contributed by atoms with E-state index in [9.17, 15) is 9.59 Å². The second-order valence-corrected chi connectivity index (χ2v) is 4.56. The van der Waals surface area contributed by atoms with Gasteiger partial charge in [-0.25, -0.2) is 5.43 Å². The Kier molecular flexibility index (Phi) is 3.73. The zero-order valence-electron chi connectivity index (χ0n) is 10.0. The Balaban J connectivity index is 1.91. The van der Waals surface area contributed by atoms with Gasteiger partial charge in [0, 0.05) is 25.9 Å². The smallest absolute Gasteiger partial charge is 0.270 e. The highest BCUT2D eigenvalue weighted by Crippen LogP contribution is 2.16. The molecule has 2 aliphatic heterocycles. The molecule has 0 radical (unpaired) electrons. The van der Waals surface area contributed by atoms with Gasteiger partial charge in [0.2, 0.25) is 5.91 Å². The van der Waals surface area contributed by atoms with E-state index < -0.39 is 0 Å². The van der Waals surface area contributed by atoms with E-state index in [0.717, 1.165) is 26.1 Å². The molecule has 2 amide bonds. The molecule has 1 unspecified atom stereocenters. The Labute approximate surface area is 100 Å². The lowest BCUT2D eigenvalue weighted by Crippen LogP contribution is -2.39. The molecule has 1 fully saturated rings. The minimum absolute atomic E-state index is 0.0244. The molecule has 2 N–H and O–H groups in total. The van der Waals surface area contributed by atoms with Crippen molar-refractivity contribution < 1.29 is 9.59 Å². The van der Waals surface area contributed by atoms with Crippen LogP contribution in [-0.2, 0) is 9.59 Å². The number of rotatable bonds is 3. The standard InChI is InChI=1S/C11H18N4O2/c1-12-6-8-4-5-15(7-8)11(17)9-2-3-10(16)14-13-9/h8,12H,2-7H2,1H3,(H,14,16). The summed E-state index contributed by atoms with van der Waals surface area (Å²) in [7, 11) is 1.92. The van der Waals surface area contributed by atoms with Crippen LogP contribution in [0.4, 0.5) is 0 Å². The van der Waals surface area contributed by atoms with Crippen LogP contribution < -0.4 is 10.7 Å². The molecule has 0 bridgehead atoms. The van der Waals surface area contributed by atoms with E-state index in [0.29, 0.717) is 24.5 Å². The minimum Gasteiger partial charge on any atom is -0.337 e. The fourth-order valence-electron chi connectivity index (χ4n) is 2.28. The fraction of sp³-hybridized carbons (Fsp3) is 0.727. The van der Waals surface area contributed by atoms with Crippen molar-refractivity contribution in [1.82, 2.24) is 15.6 Å². The van der Waals surface area contributed by atoms with Crippen LogP contribution in [0.2, 0.25) is 0 Å². The number of likely N-dealkylation sites (tertiary alicyclic amines) is 1. The quantitative estimate of drug-likeness (QED) is 0.684. The van der Waals surface area contributed by atoms with Crippen molar-refractivity contribution in [1.29, 1.82) is 0 Å². The largest absolute Gasteiger partial charge is 0.337 e. The number of carbonyl (C=O) groups excluding carboxylic acids is 2. The Morgan fingerprint density at radius 1 is 1.59 bits per heavy atom. The average Bonchev–Trinajstić information content (AvgIpc) is 2.78. The normalized spacial score (nSPS) is 24.5. The molecule has 94 valence electrons. The molecule has 6 nitrogen and oxygen atoms in total. The van der Waals surface area contributed by atoms with Crippen LogP contribution >= 0.6 is 0 Å². The average molecular weight is 238 g/mol. The topological polar surface area (TPSA) is 73.8 Å². The molecule has 0 aliphatic carbocycles. The molecular formula is C11H18N4O2. The number of nitrogens with zero attached hydrogens (tertiary/aromatic N) is 2. The van der Waals surface area contributed by atoms with Crippen molar-refractivity contribution in [3.8, 4) is 0 Å². The number of amides is 2. The molecule has 0 spiro atoms. The van der Waals surface area contributed by atoms with Gasteiger partial charge >= 0.3 is 0 Å². The first kappa shape index (κ1) is 12.0. The van der Waals surface area contributed by atoms with Crippen LogP contribution in [0.5, 0.6) is 0 Å². The van der Waals surface area contributed by atoms with Crippen molar-refractivity contribution in [2.24, 2.45) is 11.0 Å². The molecule has 0 saturated carbocycles. The maximum absolute atomic E-state index is 12.1. The van der Waals surface area contributed by atoms with Crippen LogP contribution in [0.25, 0.3) is 0 Å². The first-order chi connectivity index (χ1) is 8.20. The Morgan fingerprint density at radius 3 is 3.06 bits per heavy atom. The summed E-state index contributed by atoms with van der Waals surface area (Å²) >= 11 is 0. The van der Waals surface area contributed by atoms with E-state index in [4.69, 9.17) is 0 Å². The summed E-state index contributed by atoms with van der Waals surface area (Å²) in [5.74, 6) is 0.391. The lowest BCUT2D eigenvalue weighted by molar-refractivity contribution is -0.123. The fourth-order valence-corrected chi connectivity index (χ4v) is 2.28. The van der Waals surface area contributed by atoms with E-state index >= 15 is 0 Å². The van der Waals surface area contributed by atoms with E-state index in [2.05, 4.69) is 15.8 Å². The number of nitrogens with one attached hydrogen (secondary N) is 2. The van der Waals surface area contributed by atoms with E-state index in [1.165, 1.54) is 0 Å². The monoisotopic (exact) mass is 238 g/mol. The summed E-state index contributed by atoms with van der Waals surface area (Å²) in [6.45, 7) is 2.51. The number of hydrazone groups is 1. The van der Waals surface area contributed by atoms with Crippen molar-refractivity contribution in [3.63, 3.8) is 0 Å². The SMILES string of the molecule is CNCC1CCN(C(=O)C2=NNC(=O)CC2)C1. The third-order valence-corrected chi connectivity index (χ3v) is 3.22. The van der Waals surface area contributed by atoms with Gasteiger partial charge in [0.25, 0.3) is 5.91 Å². The van der Waals surface area contributed by atoms with Crippen molar-refractivity contribution in [2.45, 2.75) is 19.3 Å². The molecule has 0 aromatic carbocycles. The highest BCUT2D eigenvalue weighted by Gasteiger charge is 2.29. The third kappa shape index (κ3) is 2.82. The number of hydrogen-bond acceptors (Lipinski definition) is 4. The maximum Gasteiger partial charge on any atom is 0.270 e. The molecule has 2 aliphatic rings. The van der Waals surface area contributed by atoms with Crippen molar-refractivity contribution >= 4 is 17.5 Å². The lowest BCUT2D eigenvalue weighted by Gasteiger charge is -2.19. The molecule has 1 atom stereocenters. The summed E-state index contributed by atoms with van der Waals surface area (Å²) in [4.78, 5) is 24.9. The third-order valence-electron chi connectivity index (χ3n) is 3.22. The van der Waals surface area contributed by atoms with Crippen LogP contribution in [0.1, 0.15) is 19.3 Å². The van der Waals surface area contributed by atoms with Crippen LogP contribution in [-0.4, -0.2) is 49.1 Å². The minimum atomic E-state index is -0.115. The second kappa shape index (κ2) is 5.27. The van der Waals surface area contributed by atoms with E-state index in [-0.39, 0.29) is 11.8 Å². The van der Waals surface area contributed by atoms with Crippen molar-refractivity contribution in [3.05, 3.63) is 0 Å². The summed E-state index contributed by atoms with van der Waals surface area (Å²) < 4.78 is 0. The summed E-state index contributed by atoms with van der Waals surface area (Å²) in [6, 6.07) is 0. The Morgan fingerprint density at radius 2 is 2.41 bits per heavy atom. The van der Waals surface area contributed by atoms with Gasteiger partial charge in [0.05, 0.1) is 0 Å². The highest BCUT2D eigenvalue weighted by molar-refractivity contribution is 6.39. The van der Waals surface area contributed by atoms with Gasteiger partial charge in [0.1, 0.15) is 5.71 Å². The Hall–Kier alpha value is -1.43. The molecule has 2 heterocycles. The van der Waals surface area contributed by atoms with Gasteiger partial charge in [0.15, 0.2) is 0 Å². The Bertz CT molecular complexity index is 353. The molecule has 0 aromatic heterocycles. The first-order valence-electron chi connectivity index (χ1n) is 6.00. The van der Waals surface area contributed by atoms with Gasteiger partial charge in [-0.15, -0.1) is 0 Å². The number of carbonyl (C=O) groups is 2. The molecule has 6 heteroatoms. The highest BCUT2D eigenvalue weighted by atomic mass is 16.2. The van der Waals surface area contributed by atoms with Crippen LogP contribution in [0.15, 0.2) is 5.10 Å².